The molecule has 0 bridgehead atoms. The van der Waals surface area contributed by atoms with Crippen LogP contribution in [0.4, 0.5) is 10.5 Å². The maximum Gasteiger partial charge on any atom is 0.319 e. The summed E-state index contributed by atoms with van der Waals surface area (Å²) < 4.78 is 27.7. The predicted molar refractivity (Wildman–Crippen MR) is 81.8 cm³/mol. The summed E-state index contributed by atoms with van der Waals surface area (Å²) in [5.41, 5.74) is 0.467. The van der Waals surface area contributed by atoms with Gasteiger partial charge in [0.15, 0.2) is 9.84 Å². The number of methoxy groups -OCH3 is 1. The zero-order chi connectivity index (χ0) is 15.5. The molecule has 116 valence electrons. The van der Waals surface area contributed by atoms with Gasteiger partial charge in [0.05, 0.1) is 29.3 Å². The first-order valence-corrected chi connectivity index (χ1v) is 8.68. The lowest BCUT2D eigenvalue weighted by molar-refractivity contribution is 0.250. The summed E-state index contributed by atoms with van der Waals surface area (Å²) in [5.74, 6) is 0.913. The Morgan fingerprint density at radius 1 is 1.48 bits per heavy atom. The molecule has 0 aliphatic carbocycles. The third kappa shape index (κ3) is 4.50. The van der Waals surface area contributed by atoms with Crippen molar-refractivity contribution in [1.29, 1.82) is 0 Å². The molecule has 1 heterocycles. The molecule has 0 aromatic heterocycles. The third-order valence-corrected chi connectivity index (χ3v) is 5.45. The highest BCUT2D eigenvalue weighted by Crippen LogP contribution is 2.26. The molecule has 0 radical (unpaired) electrons. The van der Waals surface area contributed by atoms with Crippen LogP contribution in [0.5, 0.6) is 5.75 Å². The van der Waals surface area contributed by atoms with Gasteiger partial charge in [-0.1, -0.05) is 11.6 Å². The number of nitrogens with one attached hydrogen (secondary N) is 2. The van der Waals surface area contributed by atoms with Gasteiger partial charge in [-0.25, -0.2) is 13.2 Å². The van der Waals surface area contributed by atoms with Gasteiger partial charge in [0.2, 0.25) is 0 Å². The highest BCUT2D eigenvalue weighted by Gasteiger charge is 2.27. The number of urea groups is 1. The van der Waals surface area contributed by atoms with Crippen LogP contribution in [0, 0.1) is 5.92 Å². The lowest BCUT2D eigenvalue weighted by Crippen LogP contribution is -2.33. The minimum atomic E-state index is -2.92. The van der Waals surface area contributed by atoms with Gasteiger partial charge in [0.25, 0.3) is 0 Å². The van der Waals surface area contributed by atoms with Crippen molar-refractivity contribution in [3.8, 4) is 5.75 Å². The number of sulfone groups is 1. The number of hydrogen-bond acceptors (Lipinski definition) is 4. The zero-order valence-corrected chi connectivity index (χ0v) is 13.1. The van der Waals surface area contributed by atoms with Crippen molar-refractivity contribution in [2.75, 3.05) is 30.5 Å². The molecule has 1 aliphatic heterocycles. The Labute approximate surface area is 128 Å². The van der Waals surface area contributed by atoms with Crippen LogP contribution in [-0.4, -0.2) is 39.6 Å². The summed E-state index contributed by atoms with van der Waals surface area (Å²) in [6, 6.07) is 4.51. The quantitative estimate of drug-likeness (QED) is 0.882. The second-order valence-electron chi connectivity index (χ2n) is 4.95. The molecule has 0 saturated carbocycles. The number of ether oxygens (including phenoxy) is 1. The number of carbonyl (C=O) groups is 1. The van der Waals surface area contributed by atoms with Crippen LogP contribution in [0.1, 0.15) is 6.42 Å². The van der Waals surface area contributed by atoms with Crippen molar-refractivity contribution in [2.45, 2.75) is 6.42 Å². The fraction of sp³-hybridized carbons (Fsp3) is 0.462. The van der Waals surface area contributed by atoms with E-state index >= 15 is 0 Å². The van der Waals surface area contributed by atoms with Gasteiger partial charge in [-0.15, -0.1) is 0 Å². The Morgan fingerprint density at radius 3 is 2.81 bits per heavy atom. The molecule has 1 aliphatic rings. The number of rotatable bonds is 4. The van der Waals surface area contributed by atoms with E-state index < -0.39 is 15.9 Å². The van der Waals surface area contributed by atoms with Gasteiger partial charge in [0.1, 0.15) is 5.75 Å². The van der Waals surface area contributed by atoms with Crippen molar-refractivity contribution < 1.29 is 17.9 Å². The largest absolute Gasteiger partial charge is 0.497 e. The molecule has 1 saturated heterocycles. The average molecular weight is 333 g/mol. The van der Waals surface area contributed by atoms with Crippen molar-refractivity contribution in [1.82, 2.24) is 5.32 Å². The van der Waals surface area contributed by atoms with Crippen molar-refractivity contribution in [3.63, 3.8) is 0 Å². The number of anilines is 1. The molecular formula is C13H17ClN2O4S. The van der Waals surface area contributed by atoms with Crippen LogP contribution < -0.4 is 15.4 Å². The molecule has 0 unspecified atom stereocenters. The first kappa shape index (κ1) is 15.9. The van der Waals surface area contributed by atoms with Crippen LogP contribution in [0.3, 0.4) is 0 Å². The first-order valence-electron chi connectivity index (χ1n) is 6.48. The monoisotopic (exact) mass is 332 g/mol. The highest BCUT2D eigenvalue weighted by atomic mass is 35.5. The van der Waals surface area contributed by atoms with Crippen LogP contribution >= 0.6 is 11.6 Å². The molecule has 2 N–H and O–H groups in total. The van der Waals surface area contributed by atoms with E-state index in [1.165, 1.54) is 7.11 Å². The van der Waals surface area contributed by atoms with E-state index in [1.54, 1.807) is 18.2 Å². The fourth-order valence-corrected chi connectivity index (χ4v) is 4.24. The van der Waals surface area contributed by atoms with Gasteiger partial charge < -0.3 is 15.4 Å². The molecule has 1 aromatic carbocycles. The summed E-state index contributed by atoms with van der Waals surface area (Å²) in [6.45, 7) is 0.332. The first-order chi connectivity index (χ1) is 9.89. The minimum Gasteiger partial charge on any atom is -0.497 e. The van der Waals surface area contributed by atoms with Gasteiger partial charge in [-0.05, 0) is 24.5 Å². The maximum atomic E-state index is 11.8. The van der Waals surface area contributed by atoms with Gasteiger partial charge in [-0.2, -0.15) is 0 Å². The van der Waals surface area contributed by atoms with Crippen LogP contribution in [0.25, 0.3) is 0 Å². The van der Waals surface area contributed by atoms with Crippen LogP contribution in [-0.2, 0) is 9.84 Å². The smallest absolute Gasteiger partial charge is 0.319 e. The molecule has 1 atom stereocenters. The van der Waals surface area contributed by atoms with E-state index in [2.05, 4.69) is 10.6 Å². The van der Waals surface area contributed by atoms with E-state index in [0.29, 0.717) is 29.4 Å². The Bertz CT molecular complexity index is 633. The lowest BCUT2D eigenvalue weighted by atomic mass is 10.1. The van der Waals surface area contributed by atoms with E-state index in [1.807, 2.05) is 0 Å². The average Bonchev–Trinajstić information content (AvgIpc) is 2.78. The van der Waals surface area contributed by atoms with E-state index in [-0.39, 0.29) is 17.4 Å². The lowest BCUT2D eigenvalue weighted by Gasteiger charge is -2.12. The molecule has 21 heavy (non-hydrogen) atoms. The van der Waals surface area contributed by atoms with E-state index in [4.69, 9.17) is 16.3 Å². The van der Waals surface area contributed by atoms with Crippen molar-refractivity contribution in [3.05, 3.63) is 23.2 Å². The molecule has 2 amide bonds. The molecule has 0 spiro atoms. The standard InChI is InChI=1S/C13H17ClN2O4S/c1-20-10-2-3-12(11(14)6-10)16-13(17)15-7-9-4-5-21(18,19)8-9/h2-3,6,9H,4-5,7-8H2,1H3,(H2,15,16,17)/t9-/m0/s1. The summed E-state index contributed by atoms with van der Waals surface area (Å²) in [4.78, 5) is 11.8. The Balaban J connectivity index is 1.85. The predicted octanol–water partition coefficient (Wildman–Crippen LogP) is 1.90. The van der Waals surface area contributed by atoms with Crippen LogP contribution in [0.15, 0.2) is 18.2 Å². The van der Waals surface area contributed by atoms with Crippen molar-refractivity contribution in [2.24, 2.45) is 5.92 Å². The second-order valence-corrected chi connectivity index (χ2v) is 7.59. The van der Waals surface area contributed by atoms with E-state index in [9.17, 15) is 13.2 Å². The normalized spacial score (nSPS) is 20.0. The van der Waals surface area contributed by atoms with Gasteiger partial charge in [0, 0.05) is 12.6 Å². The highest BCUT2D eigenvalue weighted by molar-refractivity contribution is 7.91. The number of hydrogen-bond donors (Lipinski definition) is 2. The fourth-order valence-electron chi connectivity index (χ4n) is 2.16. The molecule has 1 fully saturated rings. The minimum absolute atomic E-state index is 0.0212. The number of halogens is 1. The Morgan fingerprint density at radius 2 is 2.24 bits per heavy atom. The molecule has 8 heteroatoms. The van der Waals surface area contributed by atoms with Gasteiger partial charge >= 0.3 is 6.03 Å². The number of carbonyl (C=O) groups excluding carboxylic acids is 1. The van der Waals surface area contributed by atoms with Crippen LogP contribution in [0.2, 0.25) is 5.02 Å². The molecule has 6 nitrogen and oxygen atoms in total. The number of benzene rings is 1. The number of amides is 2. The van der Waals surface area contributed by atoms with Crippen molar-refractivity contribution >= 4 is 33.2 Å². The summed E-state index contributed by atoms with van der Waals surface area (Å²) >= 11 is 6.02. The topological polar surface area (TPSA) is 84.5 Å². The van der Waals surface area contributed by atoms with Gasteiger partial charge in [-0.3, -0.25) is 0 Å². The summed E-state index contributed by atoms with van der Waals surface area (Å²) in [6.07, 6.45) is 0.589. The zero-order valence-electron chi connectivity index (χ0n) is 11.6. The molecular weight excluding hydrogens is 316 g/mol. The summed E-state index contributed by atoms with van der Waals surface area (Å²) in [7, 11) is -1.39. The molecule has 2 rings (SSSR count). The maximum absolute atomic E-state index is 11.8. The van der Waals surface area contributed by atoms with E-state index in [0.717, 1.165) is 0 Å². The SMILES string of the molecule is COc1ccc(NC(=O)NC[C@@H]2CCS(=O)(=O)C2)c(Cl)c1. The third-order valence-electron chi connectivity index (χ3n) is 3.30. The Kier molecular flexibility index (Phi) is 4.95. The summed E-state index contributed by atoms with van der Waals surface area (Å²) in [5, 5.41) is 5.65. The Hall–Kier alpha value is -1.47. The molecule has 1 aromatic rings. The second kappa shape index (κ2) is 6.53.